The first-order chi connectivity index (χ1) is 28.5. The number of benzene rings is 10. The summed E-state index contributed by atoms with van der Waals surface area (Å²) in [6.45, 7) is 4.71. The van der Waals surface area contributed by atoms with E-state index < -0.39 is 0 Å². The van der Waals surface area contributed by atoms with Gasteiger partial charge in [-0.3, -0.25) is 0 Å². The van der Waals surface area contributed by atoms with Gasteiger partial charge in [0.15, 0.2) is 0 Å². The lowest BCUT2D eigenvalue weighted by Gasteiger charge is -2.30. The maximum absolute atomic E-state index is 2.47. The van der Waals surface area contributed by atoms with Crippen molar-refractivity contribution in [1.29, 1.82) is 0 Å². The molecule has 0 spiro atoms. The molecule has 0 aromatic heterocycles. The average molecular weight is 740 g/mol. The van der Waals surface area contributed by atoms with Crippen LogP contribution < -0.4 is 4.90 Å². The first-order valence-corrected chi connectivity index (χ1v) is 20.3. The van der Waals surface area contributed by atoms with Gasteiger partial charge >= 0.3 is 0 Å². The molecule has 0 saturated heterocycles. The van der Waals surface area contributed by atoms with Crippen molar-refractivity contribution in [3.05, 3.63) is 223 Å². The van der Waals surface area contributed by atoms with E-state index in [2.05, 4.69) is 231 Å². The van der Waals surface area contributed by atoms with Crippen molar-refractivity contribution in [2.24, 2.45) is 0 Å². The summed E-state index contributed by atoms with van der Waals surface area (Å²) in [5.41, 5.74) is 16.0. The minimum Gasteiger partial charge on any atom is -0.309 e. The Kier molecular flexibility index (Phi) is 7.91. The number of hydrogen-bond acceptors (Lipinski definition) is 1. The van der Waals surface area contributed by atoms with E-state index in [1.807, 2.05) is 0 Å². The summed E-state index contributed by atoms with van der Waals surface area (Å²) in [5.74, 6) is 0. The molecule has 0 heterocycles. The molecular formula is C57H41N. The summed E-state index contributed by atoms with van der Waals surface area (Å²) in [6, 6.07) is 78.2. The van der Waals surface area contributed by atoms with Crippen LogP contribution in [0.1, 0.15) is 25.0 Å². The van der Waals surface area contributed by atoms with E-state index in [4.69, 9.17) is 0 Å². The van der Waals surface area contributed by atoms with Gasteiger partial charge in [0.25, 0.3) is 0 Å². The minimum absolute atomic E-state index is 0.0549. The molecule has 0 N–H and O–H groups in total. The molecule has 0 saturated carbocycles. The zero-order valence-electron chi connectivity index (χ0n) is 32.7. The Hall–Kier alpha value is -7.22. The van der Waals surface area contributed by atoms with Crippen LogP contribution in [0.4, 0.5) is 17.1 Å². The molecule has 0 atom stereocenters. The molecule has 0 amide bonds. The molecule has 274 valence electrons. The van der Waals surface area contributed by atoms with Gasteiger partial charge in [-0.15, -0.1) is 0 Å². The Bertz CT molecular complexity index is 3200. The highest BCUT2D eigenvalue weighted by Crippen LogP contribution is 2.51. The molecule has 58 heavy (non-hydrogen) atoms. The first-order valence-electron chi connectivity index (χ1n) is 20.3. The van der Waals surface area contributed by atoms with Gasteiger partial charge in [0.2, 0.25) is 0 Å². The molecule has 1 nitrogen and oxygen atoms in total. The zero-order chi connectivity index (χ0) is 38.8. The molecule has 0 bridgehead atoms. The maximum Gasteiger partial charge on any atom is 0.0540 e. The van der Waals surface area contributed by atoms with Crippen molar-refractivity contribution in [2.75, 3.05) is 4.90 Å². The van der Waals surface area contributed by atoms with Gasteiger partial charge in [-0.2, -0.15) is 0 Å². The minimum atomic E-state index is -0.0549. The summed E-state index contributed by atoms with van der Waals surface area (Å²) in [5, 5.41) is 7.48. The number of anilines is 3. The SMILES string of the molecule is CC1(C)c2ccccc2-c2ccc(-c3ccc(N(c4ccccc4-c4cccc5ccccc45)c4ccccc4-c4cc5ccccc5c5ccccc45)cc3)cc21. The fourth-order valence-corrected chi connectivity index (χ4v) is 9.62. The second kappa shape index (κ2) is 13.5. The highest BCUT2D eigenvalue weighted by molar-refractivity contribution is 6.15. The third-order valence-corrected chi connectivity index (χ3v) is 12.5. The van der Waals surface area contributed by atoms with Crippen LogP contribution in [0.5, 0.6) is 0 Å². The fourth-order valence-electron chi connectivity index (χ4n) is 9.62. The molecule has 1 aliphatic carbocycles. The van der Waals surface area contributed by atoms with E-state index in [-0.39, 0.29) is 5.41 Å². The number of fused-ring (bicyclic) bond motifs is 7. The van der Waals surface area contributed by atoms with Crippen molar-refractivity contribution < 1.29 is 0 Å². The van der Waals surface area contributed by atoms with Crippen molar-refractivity contribution in [3.63, 3.8) is 0 Å². The van der Waals surface area contributed by atoms with Crippen LogP contribution >= 0.6 is 0 Å². The summed E-state index contributed by atoms with van der Waals surface area (Å²) >= 11 is 0. The smallest absolute Gasteiger partial charge is 0.0540 e. The van der Waals surface area contributed by atoms with Gasteiger partial charge < -0.3 is 4.90 Å². The van der Waals surface area contributed by atoms with Crippen LogP contribution in [-0.2, 0) is 5.41 Å². The molecule has 1 aliphatic rings. The molecule has 1 heteroatoms. The van der Waals surface area contributed by atoms with Gasteiger partial charge in [-0.25, -0.2) is 0 Å². The molecule has 0 fully saturated rings. The van der Waals surface area contributed by atoms with Crippen LogP contribution in [0.15, 0.2) is 212 Å². The standard InChI is InChI=1S/C57H41N/c1-57(2)53-27-12-9-23-48(53)49-35-32-40(37-54(49)57)38-30-33-42(34-31-38)58(55-28-13-10-24-50(55)46-26-15-18-39-16-3-5-19-43(39)46)56-29-14-11-25-51(56)52-36-41-17-4-6-20-44(41)45-21-7-8-22-47(45)52/h3-37H,1-2H3. The lowest BCUT2D eigenvalue weighted by molar-refractivity contribution is 0.660. The Morgan fingerprint density at radius 3 is 1.59 bits per heavy atom. The van der Waals surface area contributed by atoms with E-state index >= 15 is 0 Å². The molecule has 11 rings (SSSR count). The van der Waals surface area contributed by atoms with Gasteiger partial charge in [-0.1, -0.05) is 190 Å². The second-order valence-electron chi connectivity index (χ2n) is 16.1. The van der Waals surface area contributed by atoms with Gasteiger partial charge in [0, 0.05) is 22.2 Å². The Labute approximate surface area is 340 Å². The van der Waals surface area contributed by atoms with Crippen molar-refractivity contribution in [3.8, 4) is 44.5 Å². The monoisotopic (exact) mass is 739 g/mol. The van der Waals surface area contributed by atoms with Crippen molar-refractivity contribution in [1.82, 2.24) is 0 Å². The Balaban J connectivity index is 1.11. The van der Waals surface area contributed by atoms with E-state index in [9.17, 15) is 0 Å². The largest absolute Gasteiger partial charge is 0.309 e. The molecule has 0 aliphatic heterocycles. The molecule has 10 aromatic rings. The lowest BCUT2D eigenvalue weighted by Crippen LogP contribution is -2.14. The van der Waals surface area contributed by atoms with Gasteiger partial charge in [0.1, 0.15) is 0 Å². The van der Waals surface area contributed by atoms with E-state index in [0.29, 0.717) is 0 Å². The van der Waals surface area contributed by atoms with Crippen LogP contribution in [0, 0.1) is 0 Å². The molecule has 0 radical (unpaired) electrons. The molecule has 0 unspecified atom stereocenters. The number of para-hydroxylation sites is 2. The van der Waals surface area contributed by atoms with E-state index in [1.54, 1.807) is 0 Å². The predicted octanol–water partition coefficient (Wildman–Crippen LogP) is 15.9. The van der Waals surface area contributed by atoms with E-state index in [0.717, 1.165) is 17.1 Å². The summed E-state index contributed by atoms with van der Waals surface area (Å²) in [7, 11) is 0. The van der Waals surface area contributed by atoms with Crippen LogP contribution in [0.25, 0.3) is 76.8 Å². The summed E-state index contributed by atoms with van der Waals surface area (Å²) in [6.07, 6.45) is 0. The topological polar surface area (TPSA) is 3.24 Å². The summed E-state index contributed by atoms with van der Waals surface area (Å²) in [4.78, 5) is 2.47. The molecule has 10 aromatic carbocycles. The highest BCUT2D eigenvalue weighted by Gasteiger charge is 2.35. The van der Waals surface area contributed by atoms with Gasteiger partial charge in [-0.05, 0) is 113 Å². The lowest BCUT2D eigenvalue weighted by atomic mass is 9.81. The molecular weight excluding hydrogens is 699 g/mol. The van der Waals surface area contributed by atoms with Crippen LogP contribution in [-0.4, -0.2) is 0 Å². The van der Waals surface area contributed by atoms with Gasteiger partial charge in [0.05, 0.1) is 11.4 Å². The van der Waals surface area contributed by atoms with Crippen LogP contribution in [0.3, 0.4) is 0 Å². The summed E-state index contributed by atoms with van der Waals surface area (Å²) < 4.78 is 0. The Morgan fingerprint density at radius 1 is 0.310 bits per heavy atom. The fraction of sp³-hybridized carbons (Fsp3) is 0.0526. The number of nitrogens with zero attached hydrogens (tertiary/aromatic N) is 1. The zero-order valence-corrected chi connectivity index (χ0v) is 32.7. The number of rotatable bonds is 6. The normalized spacial score (nSPS) is 12.8. The van der Waals surface area contributed by atoms with Crippen molar-refractivity contribution >= 4 is 49.4 Å². The average Bonchev–Trinajstić information content (AvgIpc) is 3.52. The van der Waals surface area contributed by atoms with E-state index in [1.165, 1.54) is 88.0 Å². The number of hydrogen-bond donors (Lipinski definition) is 0. The third-order valence-electron chi connectivity index (χ3n) is 12.5. The third kappa shape index (κ3) is 5.39. The Morgan fingerprint density at radius 2 is 0.828 bits per heavy atom. The van der Waals surface area contributed by atoms with Crippen molar-refractivity contribution in [2.45, 2.75) is 19.3 Å². The second-order valence-corrected chi connectivity index (χ2v) is 16.1. The maximum atomic E-state index is 2.47. The quantitative estimate of drug-likeness (QED) is 0.154. The first kappa shape index (κ1) is 34.1. The van der Waals surface area contributed by atoms with Crippen LogP contribution in [0.2, 0.25) is 0 Å². The highest BCUT2D eigenvalue weighted by atomic mass is 15.1. The predicted molar refractivity (Wildman–Crippen MR) is 248 cm³/mol.